The predicted octanol–water partition coefficient (Wildman–Crippen LogP) is 5.72. The fourth-order valence-corrected chi connectivity index (χ4v) is 4.20. The number of halogens is 3. The van der Waals surface area contributed by atoms with Crippen molar-refractivity contribution in [1.82, 2.24) is 14.5 Å². The maximum absolute atomic E-state index is 14.7. The highest BCUT2D eigenvalue weighted by atomic mass is 19.1. The summed E-state index contributed by atoms with van der Waals surface area (Å²) < 4.78 is 48.7. The van der Waals surface area contributed by atoms with Crippen molar-refractivity contribution in [1.29, 1.82) is 0 Å². The molecule has 0 radical (unpaired) electrons. The SMILES string of the molecule is COC(=O)N(CCC(N)CF)[C@@H](c1nc(-c2cc(F)ccc2F)cn1Cc1ccccc1)C(C)(C)C. The number of methoxy groups -OCH3 is 1. The van der Waals surface area contributed by atoms with Gasteiger partial charge in [-0.25, -0.2) is 22.9 Å². The number of nitrogens with two attached hydrogens (primary N) is 1. The van der Waals surface area contributed by atoms with E-state index in [1.807, 2.05) is 55.7 Å². The van der Waals surface area contributed by atoms with Crippen LogP contribution in [0.1, 0.15) is 44.6 Å². The Bertz CT molecular complexity index is 1160. The number of benzene rings is 2. The predicted molar refractivity (Wildman–Crippen MR) is 133 cm³/mol. The van der Waals surface area contributed by atoms with Crippen molar-refractivity contribution in [3.63, 3.8) is 0 Å². The van der Waals surface area contributed by atoms with Gasteiger partial charge in [-0.05, 0) is 35.6 Å². The molecule has 0 spiro atoms. The molecule has 0 saturated heterocycles. The largest absolute Gasteiger partial charge is 0.453 e. The Labute approximate surface area is 209 Å². The molecule has 2 N–H and O–H groups in total. The summed E-state index contributed by atoms with van der Waals surface area (Å²) in [5, 5.41) is 0. The number of rotatable bonds is 9. The van der Waals surface area contributed by atoms with Crippen LogP contribution in [0, 0.1) is 17.0 Å². The molecule has 6 nitrogen and oxygen atoms in total. The van der Waals surface area contributed by atoms with Crippen molar-refractivity contribution in [2.24, 2.45) is 11.1 Å². The van der Waals surface area contributed by atoms with E-state index in [-0.39, 0.29) is 24.2 Å². The molecule has 1 unspecified atom stereocenters. The summed E-state index contributed by atoms with van der Waals surface area (Å²) in [7, 11) is 1.27. The monoisotopic (exact) mass is 502 g/mol. The van der Waals surface area contributed by atoms with E-state index < -0.39 is 41.9 Å². The molecular weight excluding hydrogens is 469 g/mol. The molecule has 1 aromatic heterocycles. The maximum Gasteiger partial charge on any atom is 0.410 e. The van der Waals surface area contributed by atoms with E-state index in [4.69, 9.17) is 15.5 Å². The second-order valence-electron chi connectivity index (χ2n) is 9.86. The lowest BCUT2D eigenvalue weighted by atomic mass is 9.84. The molecule has 0 saturated carbocycles. The molecule has 0 bridgehead atoms. The topological polar surface area (TPSA) is 73.4 Å². The highest BCUT2D eigenvalue weighted by molar-refractivity contribution is 5.68. The van der Waals surface area contributed by atoms with Gasteiger partial charge in [0.15, 0.2) is 0 Å². The second-order valence-corrected chi connectivity index (χ2v) is 9.86. The third-order valence-electron chi connectivity index (χ3n) is 5.93. The van der Waals surface area contributed by atoms with Crippen molar-refractivity contribution < 1.29 is 22.7 Å². The van der Waals surface area contributed by atoms with Crippen LogP contribution in [0.5, 0.6) is 0 Å². The minimum absolute atomic E-state index is 0.0137. The quantitative estimate of drug-likeness (QED) is 0.406. The molecule has 3 aromatic rings. The molecule has 36 heavy (non-hydrogen) atoms. The van der Waals surface area contributed by atoms with Crippen LogP contribution in [-0.2, 0) is 11.3 Å². The molecule has 0 aliphatic rings. The number of carbonyl (C=O) groups excluding carboxylic acids is 1. The summed E-state index contributed by atoms with van der Waals surface area (Å²) in [5.74, 6) is -0.739. The number of amides is 1. The number of imidazole rings is 1. The van der Waals surface area contributed by atoms with Crippen molar-refractivity contribution in [2.45, 2.75) is 45.8 Å². The van der Waals surface area contributed by atoms with E-state index in [9.17, 15) is 18.0 Å². The van der Waals surface area contributed by atoms with Crippen LogP contribution >= 0.6 is 0 Å². The summed E-state index contributed by atoms with van der Waals surface area (Å²) in [6.45, 7) is 5.60. The Morgan fingerprint density at radius 1 is 1.17 bits per heavy atom. The number of carbonyl (C=O) groups is 1. The molecule has 3 rings (SSSR count). The van der Waals surface area contributed by atoms with Gasteiger partial charge in [-0.15, -0.1) is 0 Å². The molecule has 1 heterocycles. The Morgan fingerprint density at radius 3 is 2.47 bits per heavy atom. The average Bonchev–Trinajstić information content (AvgIpc) is 3.24. The number of hydrogen-bond donors (Lipinski definition) is 1. The van der Waals surface area contributed by atoms with Gasteiger partial charge >= 0.3 is 6.09 Å². The van der Waals surface area contributed by atoms with Gasteiger partial charge < -0.3 is 15.0 Å². The molecule has 1 amide bonds. The summed E-state index contributed by atoms with van der Waals surface area (Å²) >= 11 is 0. The van der Waals surface area contributed by atoms with Gasteiger partial charge in [0.1, 0.15) is 24.1 Å². The van der Waals surface area contributed by atoms with E-state index >= 15 is 0 Å². The van der Waals surface area contributed by atoms with E-state index in [0.29, 0.717) is 12.4 Å². The fraction of sp³-hybridized carbons (Fsp3) is 0.407. The molecule has 0 aliphatic carbocycles. The van der Waals surface area contributed by atoms with Crippen molar-refractivity contribution in [3.8, 4) is 11.3 Å². The third-order valence-corrected chi connectivity index (χ3v) is 5.93. The second kappa shape index (κ2) is 11.6. The Morgan fingerprint density at radius 2 is 1.86 bits per heavy atom. The molecule has 0 aliphatic heterocycles. The molecule has 194 valence electrons. The molecule has 2 atom stereocenters. The van der Waals surface area contributed by atoms with Crippen molar-refractivity contribution >= 4 is 6.09 Å². The number of nitrogens with zero attached hydrogens (tertiary/aromatic N) is 3. The lowest BCUT2D eigenvalue weighted by Crippen LogP contribution is -2.44. The first kappa shape index (κ1) is 27.3. The first-order valence-electron chi connectivity index (χ1n) is 11.8. The third kappa shape index (κ3) is 6.46. The van der Waals surface area contributed by atoms with Crippen molar-refractivity contribution in [3.05, 3.63) is 77.8 Å². The van der Waals surface area contributed by atoms with E-state index in [1.165, 1.54) is 12.0 Å². The summed E-state index contributed by atoms with van der Waals surface area (Å²) in [4.78, 5) is 19.2. The van der Waals surface area contributed by atoms with Crippen LogP contribution in [0.25, 0.3) is 11.3 Å². The zero-order valence-electron chi connectivity index (χ0n) is 21.0. The van der Waals surface area contributed by atoms with Gasteiger partial charge in [-0.2, -0.15) is 0 Å². The zero-order chi connectivity index (χ0) is 26.5. The Balaban J connectivity index is 2.18. The molecular formula is C27H33F3N4O2. The zero-order valence-corrected chi connectivity index (χ0v) is 21.0. The van der Waals surface area contributed by atoms with Crippen LogP contribution in [0.2, 0.25) is 0 Å². The van der Waals surface area contributed by atoms with Gasteiger partial charge in [0.2, 0.25) is 0 Å². The van der Waals surface area contributed by atoms with Gasteiger partial charge in [0, 0.05) is 30.9 Å². The smallest absolute Gasteiger partial charge is 0.410 e. The van der Waals surface area contributed by atoms with Crippen LogP contribution in [0.15, 0.2) is 54.7 Å². The minimum atomic E-state index is -0.737. The van der Waals surface area contributed by atoms with Crippen LogP contribution in [0.4, 0.5) is 18.0 Å². The number of ether oxygens (including phenoxy) is 1. The minimum Gasteiger partial charge on any atom is -0.453 e. The van der Waals surface area contributed by atoms with E-state index in [0.717, 1.165) is 23.8 Å². The first-order valence-corrected chi connectivity index (χ1v) is 11.8. The summed E-state index contributed by atoms with van der Waals surface area (Å²) in [6, 6.07) is 11.4. The van der Waals surface area contributed by atoms with Gasteiger partial charge in [0.25, 0.3) is 0 Å². The lowest BCUT2D eigenvalue weighted by molar-refractivity contribution is 0.0613. The van der Waals surface area contributed by atoms with Crippen LogP contribution < -0.4 is 5.73 Å². The normalized spacial score (nSPS) is 13.3. The van der Waals surface area contributed by atoms with Crippen LogP contribution in [0.3, 0.4) is 0 Å². The molecule has 0 fully saturated rings. The molecule has 9 heteroatoms. The lowest BCUT2D eigenvalue weighted by Gasteiger charge is -2.39. The average molecular weight is 503 g/mol. The van der Waals surface area contributed by atoms with Crippen LogP contribution in [-0.4, -0.2) is 46.9 Å². The van der Waals surface area contributed by atoms with E-state index in [2.05, 4.69) is 0 Å². The highest BCUT2D eigenvalue weighted by Gasteiger charge is 2.39. The summed E-state index contributed by atoms with van der Waals surface area (Å²) in [5.41, 5.74) is 6.44. The van der Waals surface area contributed by atoms with Gasteiger partial charge in [0.05, 0.1) is 18.8 Å². The summed E-state index contributed by atoms with van der Waals surface area (Å²) in [6.07, 6.45) is 1.25. The number of aromatic nitrogens is 2. The van der Waals surface area contributed by atoms with Gasteiger partial charge in [-0.1, -0.05) is 51.1 Å². The Kier molecular flexibility index (Phi) is 8.79. The fourth-order valence-electron chi connectivity index (χ4n) is 4.20. The molecule has 2 aromatic carbocycles. The first-order chi connectivity index (χ1) is 17.0. The maximum atomic E-state index is 14.7. The number of alkyl halides is 1. The van der Waals surface area contributed by atoms with Crippen molar-refractivity contribution in [2.75, 3.05) is 20.3 Å². The van der Waals surface area contributed by atoms with Gasteiger partial charge in [-0.3, -0.25) is 4.90 Å². The highest BCUT2D eigenvalue weighted by Crippen LogP contribution is 2.39. The Hall–Kier alpha value is -3.33. The standard InChI is InChI=1S/C27H33F3N4O2/c1-27(2,3)24(34(26(35)36-4)13-12-20(31)15-28)25-32-23(21-14-19(29)10-11-22(21)30)17-33(25)16-18-8-6-5-7-9-18/h5-11,14,17,20,24H,12-13,15-16,31H2,1-4H3/t20?,24-/m0/s1. The van der Waals surface area contributed by atoms with E-state index in [1.54, 1.807) is 6.20 Å². The number of hydrogen-bond acceptors (Lipinski definition) is 4.